The van der Waals surface area contributed by atoms with Gasteiger partial charge in [0, 0.05) is 17.6 Å². The minimum atomic E-state index is -0.0637. The molecular weight excluding hydrogens is 312 g/mol. The van der Waals surface area contributed by atoms with E-state index in [1.165, 1.54) is 6.92 Å². The fourth-order valence-electron chi connectivity index (χ4n) is 1.89. The Bertz CT molecular complexity index is 505. The second-order valence-corrected chi connectivity index (χ2v) is 5.18. The first-order chi connectivity index (χ1) is 9.08. The maximum Gasteiger partial charge on any atom is 0.317 e. The van der Waals surface area contributed by atoms with Gasteiger partial charge < -0.3 is 15.0 Å². The molecule has 1 aromatic rings. The maximum atomic E-state index is 11.5. The number of carbonyl (C=O) groups excluding carboxylic acids is 2. The third-order valence-electron chi connectivity index (χ3n) is 2.88. The van der Waals surface area contributed by atoms with Crippen LogP contribution in [0.3, 0.4) is 0 Å². The van der Waals surface area contributed by atoms with Crippen LogP contribution in [-0.4, -0.2) is 43.0 Å². The number of nitrogens with one attached hydrogen (secondary N) is 1. The van der Waals surface area contributed by atoms with Crippen molar-refractivity contribution in [1.29, 1.82) is 0 Å². The second-order valence-electron chi connectivity index (χ2n) is 4.26. The van der Waals surface area contributed by atoms with E-state index in [1.807, 2.05) is 6.07 Å². The molecule has 1 aromatic carbocycles. The minimum absolute atomic E-state index is 0.0461. The highest BCUT2D eigenvalue weighted by Gasteiger charge is 2.19. The van der Waals surface area contributed by atoms with Gasteiger partial charge in [-0.1, -0.05) is 15.9 Å². The molecule has 2 rings (SSSR count). The van der Waals surface area contributed by atoms with Crippen LogP contribution < -0.4 is 10.1 Å². The van der Waals surface area contributed by atoms with Crippen LogP contribution in [0.15, 0.2) is 22.7 Å². The van der Waals surface area contributed by atoms with E-state index in [0.717, 1.165) is 4.47 Å². The first-order valence-electron chi connectivity index (χ1n) is 6.04. The smallest absolute Gasteiger partial charge is 0.317 e. The summed E-state index contributed by atoms with van der Waals surface area (Å²) in [5.74, 6) is 0.505. The van der Waals surface area contributed by atoms with Crippen molar-refractivity contribution >= 4 is 27.7 Å². The standard InChI is InChI=1S/C13H15BrN2O3/c1-9(17)11-8-10(14)2-3-12(11)19-7-6-16-5-4-15-13(16)18/h2-3,8H,4-7H2,1H3,(H,15,18). The Hall–Kier alpha value is -1.56. The Kier molecular flexibility index (Phi) is 4.42. The summed E-state index contributed by atoms with van der Waals surface area (Å²) in [4.78, 5) is 24.5. The van der Waals surface area contributed by atoms with Crippen molar-refractivity contribution in [2.75, 3.05) is 26.2 Å². The normalized spacial score (nSPS) is 14.4. The molecule has 0 aliphatic carbocycles. The number of Topliss-reactive ketones (excluding diaryl/α,β-unsaturated/α-hetero) is 1. The highest BCUT2D eigenvalue weighted by atomic mass is 79.9. The van der Waals surface area contributed by atoms with Gasteiger partial charge in [0.05, 0.1) is 12.1 Å². The SMILES string of the molecule is CC(=O)c1cc(Br)ccc1OCCN1CCNC1=O. The van der Waals surface area contributed by atoms with Gasteiger partial charge in [-0.25, -0.2) is 4.79 Å². The molecule has 2 amide bonds. The van der Waals surface area contributed by atoms with Crippen LogP contribution in [0.25, 0.3) is 0 Å². The van der Waals surface area contributed by atoms with Crippen LogP contribution >= 0.6 is 15.9 Å². The second kappa shape index (κ2) is 6.06. The fourth-order valence-corrected chi connectivity index (χ4v) is 2.25. The Morgan fingerprint density at radius 2 is 2.32 bits per heavy atom. The zero-order valence-corrected chi connectivity index (χ0v) is 12.2. The molecule has 1 N–H and O–H groups in total. The summed E-state index contributed by atoms with van der Waals surface area (Å²) in [5, 5.41) is 2.73. The first-order valence-corrected chi connectivity index (χ1v) is 6.83. The fraction of sp³-hybridized carbons (Fsp3) is 0.385. The highest BCUT2D eigenvalue weighted by molar-refractivity contribution is 9.10. The van der Waals surface area contributed by atoms with Crippen LogP contribution in [0.4, 0.5) is 4.79 Å². The van der Waals surface area contributed by atoms with Crippen molar-refractivity contribution in [1.82, 2.24) is 10.2 Å². The van der Waals surface area contributed by atoms with E-state index < -0.39 is 0 Å². The van der Waals surface area contributed by atoms with Crippen molar-refractivity contribution in [3.8, 4) is 5.75 Å². The summed E-state index contributed by atoms with van der Waals surface area (Å²) in [6.45, 7) is 3.76. The van der Waals surface area contributed by atoms with E-state index in [4.69, 9.17) is 4.74 Å². The topological polar surface area (TPSA) is 58.6 Å². The van der Waals surface area contributed by atoms with E-state index in [9.17, 15) is 9.59 Å². The third-order valence-corrected chi connectivity index (χ3v) is 3.38. The zero-order chi connectivity index (χ0) is 13.8. The molecule has 102 valence electrons. The van der Waals surface area contributed by atoms with Gasteiger partial charge in [-0.3, -0.25) is 4.79 Å². The number of halogens is 1. The molecule has 0 aromatic heterocycles. The predicted octanol–water partition coefficient (Wildman–Crippen LogP) is 2.06. The lowest BCUT2D eigenvalue weighted by atomic mass is 10.1. The van der Waals surface area contributed by atoms with Gasteiger partial charge in [0.2, 0.25) is 0 Å². The maximum absolute atomic E-state index is 11.5. The van der Waals surface area contributed by atoms with E-state index in [1.54, 1.807) is 17.0 Å². The molecule has 19 heavy (non-hydrogen) atoms. The Labute approximate surface area is 120 Å². The van der Waals surface area contributed by atoms with Gasteiger partial charge in [0.15, 0.2) is 5.78 Å². The third kappa shape index (κ3) is 3.47. The van der Waals surface area contributed by atoms with Crippen LogP contribution in [-0.2, 0) is 0 Å². The average Bonchev–Trinajstić information content (AvgIpc) is 2.77. The van der Waals surface area contributed by atoms with Crippen molar-refractivity contribution in [3.05, 3.63) is 28.2 Å². The lowest BCUT2D eigenvalue weighted by Gasteiger charge is -2.15. The minimum Gasteiger partial charge on any atom is -0.491 e. The van der Waals surface area contributed by atoms with Gasteiger partial charge >= 0.3 is 6.03 Å². The number of ketones is 1. The van der Waals surface area contributed by atoms with E-state index >= 15 is 0 Å². The number of carbonyl (C=O) groups is 2. The van der Waals surface area contributed by atoms with Gasteiger partial charge in [0.1, 0.15) is 12.4 Å². The number of nitrogens with zero attached hydrogens (tertiary/aromatic N) is 1. The summed E-state index contributed by atoms with van der Waals surface area (Å²) >= 11 is 3.33. The molecule has 0 radical (unpaired) electrons. The van der Waals surface area contributed by atoms with Crippen LogP contribution in [0.5, 0.6) is 5.75 Å². The van der Waals surface area contributed by atoms with Crippen LogP contribution in [0.2, 0.25) is 0 Å². The van der Waals surface area contributed by atoms with Gasteiger partial charge in [0.25, 0.3) is 0 Å². The summed E-state index contributed by atoms with van der Waals surface area (Å²) in [5.41, 5.74) is 0.542. The monoisotopic (exact) mass is 326 g/mol. The lowest BCUT2D eigenvalue weighted by Crippen LogP contribution is -2.31. The number of hydrogen-bond acceptors (Lipinski definition) is 3. The number of benzene rings is 1. The molecule has 0 unspecified atom stereocenters. The molecule has 1 fully saturated rings. The Morgan fingerprint density at radius 3 is 2.95 bits per heavy atom. The largest absolute Gasteiger partial charge is 0.491 e. The molecule has 6 heteroatoms. The number of urea groups is 1. The molecular formula is C13H15BrN2O3. The van der Waals surface area contributed by atoms with Gasteiger partial charge in [-0.2, -0.15) is 0 Å². The molecule has 0 saturated carbocycles. The Balaban J connectivity index is 1.95. The van der Waals surface area contributed by atoms with Crippen LogP contribution in [0.1, 0.15) is 17.3 Å². The summed E-state index contributed by atoms with van der Waals surface area (Å²) < 4.78 is 6.44. The summed E-state index contributed by atoms with van der Waals surface area (Å²) in [7, 11) is 0. The van der Waals surface area contributed by atoms with Crippen molar-refractivity contribution < 1.29 is 14.3 Å². The average molecular weight is 327 g/mol. The quantitative estimate of drug-likeness (QED) is 0.842. The molecule has 1 heterocycles. The molecule has 0 spiro atoms. The molecule has 5 nitrogen and oxygen atoms in total. The summed E-state index contributed by atoms with van der Waals surface area (Å²) in [6.07, 6.45) is 0. The van der Waals surface area contributed by atoms with E-state index in [-0.39, 0.29) is 11.8 Å². The molecule has 1 aliphatic heterocycles. The molecule has 0 bridgehead atoms. The first kappa shape index (κ1) is 13.9. The van der Waals surface area contributed by atoms with Gasteiger partial charge in [-0.05, 0) is 25.1 Å². The van der Waals surface area contributed by atoms with E-state index in [2.05, 4.69) is 21.2 Å². The van der Waals surface area contributed by atoms with Gasteiger partial charge in [-0.15, -0.1) is 0 Å². The number of ether oxygens (including phenoxy) is 1. The van der Waals surface area contributed by atoms with E-state index in [0.29, 0.717) is 37.6 Å². The number of rotatable bonds is 5. The lowest BCUT2D eigenvalue weighted by molar-refractivity contribution is 0.101. The molecule has 0 atom stereocenters. The number of amides is 2. The molecule has 1 saturated heterocycles. The predicted molar refractivity (Wildman–Crippen MR) is 74.6 cm³/mol. The molecule has 1 aliphatic rings. The van der Waals surface area contributed by atoms with Crippen molar-refractivity contribution in [3.63, 3.8) is 0 Å². The number of hydrogen-bond donors (Lipinski definition) is 1. The van der Waals surface area contributed by atoms with Crippen molar-refractivity contribution in [2.24, 2.45) is 0 Å². The highest BCUT2D eigenvalue weighted by Crippen LogP contribution is 2.23. The Morgan fingerprint density at radius 1 is 1.53 bits per heavy atom. The van der Waals surface area contributed by atoms with Crippen molar-refractivity contribution in [2.45, 2.75) is 6.92 Å². The zero-order valence-electron chi connectivity index (χ0n) is 10.6. The van der Waals surface area contributed by atoms with Crippen LogP contribution in [0, 0.1) is 0 Å². The summed E-state index contributed by atoms with van der Waals surface area (Å²) in [6, 6.07) is 5.25.